The van der Waals surface area contributed by atoms with E-state index >= 15 is 0 Å². The van der Waals surface area contributed by atoms with Crippen molar-refractivity contribution in [1.82, 2.24) is 15.5 Å². The van der Waals surface area contributed by atoms with Crippen LogP contribution in [-0.4, -0.2) is 78.3 Å². The normalized spacial score (nSPS) is 16.5. The number of hydrogen-bond donors (Lipinski definition) is 4. The molecule has 2 aromatic rings. The lowest BCUT2D eigenvalue weighted by Crippen LogP contribution is -2.57. The van der Waals surface area contributed by atoms with Gasteiger partial charge in [-0.15, -0.1) is 0 Å². The third kappa shape index (κ3) is 8.59. The predicted octanol–water partition coefficient (Wildman–Crippen LogP) is 1.30. The minimum absolute atomic E-state index is 0.212. The third-order valence-electron chi connectivity index (χ3n) is 6.22. The molecule has 3 rings (SSSR count). The first-order valence-electron chi connectivity index (χ1n) is 12.4. The van der Waals surface area contributed by atoms with Crippen LogP contribution >= 0.6 is 0 Å². The number of nitrogens with zero attached hydrogens (tertiary/aromatic N) is 1. The summed E-state index contributed by atoms with van der Waals surface area (Å²) in [5.74, 6) is -1.43. The van der Waals surface area contributed by atoms with Crippen molar-refractivity contribution in [2.24, 2.45) is 0 Å². The Bertz CT molecular complexity index is 1010. The summed E-state index contributed by atoms with van der Waals surface area (Å²) < 4.78 is 10.3. The van der Waals surface area contributed by atoms with Crippen molar-refractivity contribution >= 4 is 25.0 Å². The highest BCUT2D eigenvalue weighted by atomic mass is 16.6. The maximum absolute atomic E-state index is 13.6. The number of amides is 3. The van der Waals surface area contributed by atoms with Crippen molar-refractivity contribution in [3.8, 4) is 5.75 Å². The molecule has 11 heteroatoms. The molecule has 4 N–H and O–H groups in total. The van der Waals surface area contributed by atoms with E-state index in [1.807, 2.05) is 30.3 Å². The van der Waals surface area contributed by atoms with Crippen LogP contribution in [0.15, 0.2) is 60.7 Å². The Labute approximate surface area is 217 Å². The Hall–Kier alpha value is -3.41. The zero-order valence-corrected chi connectivity index (χ0v) is 20.9. The van der Waals surface area contributed by atoms with Crippen LogP contribution in [0.3, 0.4) is 0 Å². The Morgan fingerprint density at radius 1 is 1.05 bits per heavy atom. The van der Waals surface area contributed by atoms with Gasteiger partial charge in [0, 0.05) is 26.7 Å². The molecule has 3 atom stereocenters. The second-order valence-electron chi connectivity index (χ2n) is 8.94. The fourth-order valence-corrected chi connectivity index (χ4v) is 4.34. The largest absolute Gasteiger partial charge is 0.475 e. The molecule has 2 aromatic carbocycles. The molecule has 1 fully saturated rings. The predicted molar refractivity (Wildman–Crippen MR) is 138 cm³/mol. The van der Waals surface area contributed by atoms with Gasteiger partial charge in [0.25, 0.3) is 0 Å². The summed E-state index contributed by atoms with van der Waals surface area (Å²) in [7, 11) is -0.202. The molecule has 1 aliphatic heterocycles. The van der Waals surface area contributed by atoms with Crippen LogP contribution in [0, 0.1) is 0 Å². The summed E-state index contributed by atoms with van der Waals surface area (Å²) in [5, 5.41) is 24.7. The van der Waals surface area contributed by atoms with Gasteiger partial charge in [0.1, 0.15) is 17.8 Å². The molecule has 0 aromatic heterocycles. The van der Waals surface area contributed by atoms with Gasteiger partial charge >= 0.3 is 13.2 Å². The molecule has 198 valence electrons. The number of nitrogens with one attached hydrogen (secondary N) is 2. The molecule has 1 saturated heterocycles. The fraction of sp³-hybridized carbons (Fsp3) is 0.423. The standard InChI is InChI=1S/C26H34BN3O7/c1-36-17-9-15-23(27(34)35)29-24(31)22-14-8-16-30(22)25(32)21(18-19-10-4-2-5-11-19)28-26(33)37-20-12-6-3-7-13-20/h2-7,10-13,21-23,34-35H,8-9,14-18H2,1H3,(H,28,33)(H,29,31). The van der Waals surface area contributed by atoms with E-state index in [1.54, 1.807) is 37.4 Å². The Kier molecular flexibility index (Phi) is 10.9. The lowest BCUT2D eigenvalue weighted by molar-refractivity contribution is -0.140. The molecular weight excluding hydrogens is 477 g/mol. The topological polar surface area (TPSA) is 137 Å². The summed E-state index contributed by atoms with van der Waals surface area (Å²) in [5.41, 5.74) is 0.836. The molecule has 1 heterocycles. The maximum atomic E-state index is 13.6. The van der Waals surface area contributed by atoms with Gasteiger partial charge in [0.2, 0.25) is 11.8 Å². The third-order valence-corrected chi connectivity index (χ3v) is 6.22. The van der Waals surface area contributed by atoms with Crippen molar-refractivity contribution < 1.29 is 33.9 Å². The average Bonchev–Trinajstić information content (AvgIpc) is 3.38. The molecule has 0 bridgehead atoms. The quantitative estimate of drug-likeness (QED) is 0.249. The second-order valence-corrected chi connectivity index (χ2v) is 8.94. The smallest absolute Gasteiger partial charge is 0.426 e. The van der Waals surface area contributed by atoms with Gasteiger partial charge in [0.05, 0.1) is 5.94 Å². The second kappa shape index (κ2) is 14.4. The van der Waals surface area contributed by atoms with Gasteiger partial charge in [-0.25, -0.2) is 4.79 Å². The Morgan fingerprint density at radius 3 is 2.38 bits per heavy atom. The van der Waals surface area contributed by atoms with Crippen LogP contribution < -0.4 is 15.4 Å². The first-order valence-corrected chi connectivity index (χ1v) is 12.4. The number of hydrogen-bond acceptors (Lipinski definition) is 7. The van der Waals surface area contributed by atoms with Gasteiger partial charge < -0.3 is 35.1 Å². The van der Waals surface area contributed by atoms with E-state index in [0.717, 1.165) is 5.56 Å². The van der Waals surface area contributed by atoms with Gasteiger partial charge in [-0.3, -0.25) is 9.59 Å². The van der Waals surface area contributed by atoms with Crippen LogP contribution in [-0.2, 0) is 20.7 Å². The number of rotatable bonds is 12. The number of likely N-dealkylation sites (tertiary alicyclic amines) is 1. The molecule has 0 saturated carbocycles. The van der Waals surface area contributed by atoms with Crippen molar-refractivity contribution in [3.63, 3.8) is 0 Å². The van der Waals surface area contributed by atoms with E-state index < -0.39 is 43.1 Å². The summed E-state index contributed by atoms with van der Waals surface area (Å²) in [4.78, 5) is 40.8. The van der Waals surface area contributed by atoms with Gasteiger partial charge in [-0.2, -0.15) is 0 Å². The summed E-state index contributed by atoms with van der Waals surface area (Å²) in [6, 6.07) is 16.0. The van der Waals surface area contributed by atoms with Crippen LogP contribution in [0.5, 0.6) is 5.75 Å². The Balaban J connectivity index is 1.72. The lowest BCUT2D eigenvalue weighted by Gasteiger charge is -2.30. The minimum Gasteiger partial charge on any atom is -0.426 e. The highest BCUT2D eigenvalue weighted by Gasteiger charge is 2.39. The number of para-hydroxylation sites is 1. The van der Waals surface area contributed by atoms with Gasteiger partial charge in [-0.1, -0.05) is 48.5 Å². The monoisotopic (exact) mass is 511 g/mol. The van der Waals surface area contributed by atoms with E-state index in [4.69, 9.17) is 9.47 Å². The molecule has 0 radical (unpaired) electrons. The molecule has 3 amide bonds. The van der Waals surface area contributed by atoms with Crippen LogP contribution in [0.1, 0.15) is 31.2 Å². The fourth-order valence-electron chi connectivity index (χ4n) is 4.34. The summed E-state index contributed by atoms with van der Waals surface area (Å²) in [6.07, 6.45) is 1.30. The molecule has 3 unspecified atom stereocenters. The minimum atomic E-state index is -1.74. The highest BCUT2D eigenvalue weighted by molar-refractivity contribution is 6.43. The number of methoxy groups -OCH3 is 1. The highest BCUT2D eigenvalue weighted by Crippen LogP contribution is 2.20. The molecule has 1 aliphatic rings. The van der Waals surface area contributed by atoms with Crippen LogP contribution in [0.25, 0.3) is 0 Å². The van der Waals surface area contributed by atoms with Crippen molar-refractivity contribution in [2.45, 2.75) is 50.1 Å². The van der Waals surface area contributed by atoms with Crippen LogP contribution in [0.4, 0.5) is 4.79 Å². The van der Waals surface area contributed by atoms with E-state index in [9.17, 15) is 24.4 Å². The maximum Gasteiger partial charge on any atom is 0.475 e. The molecule has 10 nitrogen and oxygen atoms in total. The summed E-state index contributed by atoms with van der Waals surface area (Å²) in [6.45, 7) is 0.757. The van der Waals surface area contributed by atoms with Crippen molar-refractivity contribution in [2.75, 3.05) is 20.3 Å². The number of ether oxygens (including phenoxy) is 2. The van der Waals surface area contributed by atoms with Gasteiger partial charge in [-0.05, 0) is 43.4 Å². The first kappa shape index (κ1) is 28.2. The van der Waals surface area contributed by atoms with E-state index in [0.29, 0.717) is 44.6 Å². The van der Waals surface area contributed by atoms with Crippen molar-refractivity contribution in [3.05, 3.63) is 66.2 Å². The SMILES string of the molecule is COCCCC(NC(=O)C1CCCN1C(=O)C(Cc1ccccc1)NC(=O)Oc1ccccc1)B(O)O. The van der Waals surface area contributed by atoms with E-state index in [1.165, 1.54) is 4.90 Å². The van der Waals surface area contributed by atoms with E-state index in [2.05, 4.69) is 10.6 Å². The number of carbonyl (C=O) groups is 3. The van der Waals surface area contributed by atoms with Gasteiger partial charge in [0.15, 0.2) is 0 Å². The number of benzene rings is 2. The van der Waals surface area contributed by atoms with Crippen LogP contribution in [0.2, 0.25) is 0 Å². The summed E-state index contributed by atoms with van der Waals surface area (Å²) >= 11 is 0. The zero-order valence-electron chi connectivity index (χ0n) is 20.9. The average molecular weight is 511 g/mol. The first-order chi connectivity index (χ1) is 17.9. The van der Waals surface area contributed by atoms with Crippen molar-refractivity contribution in [1.29, 1.82) is 0 Å². The molecule has 0 spiro atoms. The zero-order chi connectivity index (χ0) is 26.6. The molecule has 0 aliphatic carbocycles. The Morgan fingerprint density at radius 2 is 1.73 bits per heavy atom. The lowest BCUT2D eigenvalue weighted by atomic mass is 9.76. The molecular formula is C26H34BN3O7. The van der Waals surface area contributed by atoms with E-state index in [-0.39, 0.29) is 6.42 Å². The molecule has 37 heavy (non-hydrogen) atoms. The number of carbonyl (C=O) groups excluding carboxylic acids is 3.